The molecular weight excluding hydrogens is 278 g/mol. The van der Waals surface area contributed by atoms with Crippen molar-refractivity contribution < 1.29 is 9.59 Å². The molecule has 20 heavy (non-hydrogen) atoms. The van der Waals surface area contributed by atoms with Crippen LogP contribution in [0.3, 0.4) is 0 Å². The van der Waals surface area contributed by atoms with Crippen LogP contribution in [0.5, 0.6) is 0 Å². The van der Waals surface area contributed by atoms with Gasteiger partial charge >= 0.3 is 0 Å². The van der Waals surface area contributed by atoms with Gasteiger partial charge in [-0.15, -0.1) is 12.4 Å². The molecule has 0 bridgehead atoms. The summed E-state index contributed by atoms with van der Waals surface area (Å²) in [5.41, 5.74) is -0.406. The quantitative estimate of drug-likeness (QED) is 0.802. The van der Waals surface area contributed by atoms with E-state index in [-0.39, 0.29) is 30.3 Å². The molecule has 2 atom stereocenters. The van der Waals surface area contributed by atoms with Crippen LogP contribution >= 0.6 is 12.4 Å². The molecule has 0 aliphatic carbocycles. The maximum absolute atomic E-state index is 12.7. The first-order chi connectivity index (χ1) is 9.01. The number of hydrogen-bond donors (Lipinski definition) is 2. The number of likely N-dealkylation sites (tertiary alicyclic amines) is 1. The summed E-state index contributed by atoms with van der Waals surface area (Å²) in [7, 11) is 0. The van der Waals surface area contributed by atoms with Crippen LogP contribution in [0.25, 0.3) is 0 Å². The number of amides is 2. The second kappa shape index (κ2) is 7.27. The van der Waals surface area contributed by atoms with Crippen LogP contribution in [0.2, 0.25) is 0 Å². The van der Waals surface area contributed by atoms with Crippen LogP contribution in [-0.4, -0.2) is 47.9 Å². The Kier molecular flexibility index (Phi) is 6.27. The zero-order chi connectivity index (χ0) is 13.9. The van der Waals surface area contributed by atoms with E-state index in [0.717, 1.165) is 45.2 Å². The fraction of sp³-hybridized carbons (Fsp3) is 0.857. The SMILES string of the molecule is CC(=O)NC1CCCN(C(=O)C2(C)CCCCN2)C1.Cl. The first kappa shape index (κ1) is 17.2. The molecule has 2 rings (SSSR count). The van der Waals surface area contributed by atoms with E-state index in [4.69, 9.17) is 0 Å². The highest BCUT2D eigenvalue weighted by atomic mass is 35.5. The lowest BCUT2D eigenvalue weighted by atomic mass is 9.88. The lowest BCUT2D eigenvalue weighted by Crippen LogP contribution is -2.61. The number of piperidine rings is 2. The zero-order valence-electron chi connectivity index (χ0n) is 12.4. The Labute approximate surface area is 127 Å². The summed E-state index contributed by atoms with van der Waals surface area (Å²) in [6, 6.07) is 0.113. The largest absolute Gasteiger partial charge is 0.352 e. The first-order valence-electron chi connectivity index (χ1n) is 7.33. The highest BCUT2D eigenvalue weighted by Gasteiger charge is 2.38. The van der Waals surface area contributed by atoms with E-state index in [1.807, 2.05) is 11.8 Å². The third-order valence-electron chi connectivity index (χ3n) is 4.21. The highest BCUT2D eigenvalue weighted by Crippen LogP contribution is 2.23. The van der Waals surface area contributed by atoms with Crippen LogP contribution in [-0.2, 0) is 9.59 Å². The summed E-state index contributed by atoms with van der Waals surface area (Å²) < 4.78 is 0. The van der Waals surface area contributed by atoms with Gasteiger partial charge in [0.2, 0.25) is 11.8 Å². The van der Waals surface area contributed by atoms with Gasteiger partial charge in [-0.1, -0.05) is 0 Å². The minimum Gasteiger partial charge on any atom is -0.352 e. The van der Waals surface area contributed by atoms with Crippen molar-refractivity contribution in [2.45, 2.75) is 57.5 Å². The van der Waals surface area contributed by atoms with Crippen LogP contribution in [0.1, 0.15) is 46.0 Å². The summed E-state index contributed by atoms with van der Waals surface area (Å²) >= 11 is 0. The maximum atomic E-state index is 12.7. The van der Waals surface area contributed by atoms with Gasteiger partial charge in [-0.2, -0.15) is 0 Å². The molecule has 2 unspecified atom stereocenters. The zero-order valence-corrected chi connectivity index (χ0v) is 13.2. The molecule has 2 amide bonds. The van der Waals surface area contributed by atoms with Crippen molar-refractivity contribution in [1.29, 1.82) is 0 Å². The molecule has 0 aromatic rings. The Morgan fingerprint density at radius 1 is 1.30 bits per heavy atom. The van der Waals surface area contributed by atoms with Gasteiger partial charge in [0.1, 0.15) is 0 Å². The Morgan fingerprint density at radius 2 is 2.05 bits per heavy atom. The number of carbonyl (C=O) groups excluding carboxylic acids is 2. The van der Waals surface area contributed by atoms with Crippen LogP contribution in [0.4, 0.5) is 0 Å². The van der Waals surface area contributed by atoms with Crippen molar-refractivity contribution >= 4 is 24.2 Å². The van der Waals surface area contributed by atoms with Crippen LogP contribution in [0, 0.1) is 0 Å². The molecule has 0 aromatic heterocycles. The van der Waals surface area contributed by atoms with Crippen molar-refractivity contribution in [1.82, 2.24) is 15.5 Å². The van der Waals surface area contributed by atoms with Gasteiger partial charge in [0, 0.05) is 26.1 Å². The van der Waals surface area contributed by atoms with E-state index in [9.17, 15) is 9.59 Å². The van der Waals surface area contributed by atoms with Crippen LogP contribution in [0.15, 0.2) is 0 Å². The van der Waals surface area contributed by atoms with E-state index in [0.29, 0.717) is 6.54 Å². The Morgan fingerprint density at radius 3 is 2.65 bits per heavy atom. The summed E-state index contributed by atoms with van der Waals surface area (Å²) in [5.74, 6) is 0.184. The molecule has 0 spiro atoms. The minimum absolute atomic E-state index is 0. The summed E-state index contributed by atoms with van der Waals surface area (Å²) in [6.07, 6.45) is 5.10. The van der Waals surface area contributed by atoms with Gasteiger partial charge in [0.05, 0.1) is 5.54 Å². The normalized spacial score (nSPS) is 30.3. The molecule has 0 saturated carbocycles. The van der Waals surface area contributed by atoms with E-state index < -0.39 is 5.54 Å². The summed E-state index contributed by atoms with van der Waals surface area (Å²) in [5, 5.41) is 6.30. The van der Waals surface area contributed by atoms with Gasteiger partial charge in [-0.25, -0.2) is 0 Å². The predicted octanol–water partition coefficient (Wildman–Crippen LogP) is 1.07. The lowest BCUT2D eigenvalue weighted by molar-refractivity contribution is -0.140. The van der Waals surface area contributed by atoms with Gasteiger partial charge in [0.15, 0.2) is 0 Å². The van der Waals surface area contributed by atoms with E-state index >= 15 is 0 Å². The molecule has 116 valence electrons. The molecule has 2 saturated heterocycles. The van der Waals surface area contributed by atoms with Crippen molar-refractivity contribution in [3.63, 3.8) is 0 Å². The predicted molar refractivity (Wildman–Crippen MR) is 80.9 cm³/mol. The molecule has 6 heteroatoms. The molecule has 2 fully saturated rings. The monoisotopic (exact) mass is 303 g/mol. The topological polar surface area (TPSA) is 61.4 Å². The smallest absolute Gasteiger partial charge is 0.242 e. The number of nitrogens with zero attached hydrogens (tertiary/aromatic N) is 1. The Hall–Kier alpha value is -0.810. The number of rotatable bonds is 2. The highest BCUT2D eigenvalue weighted by molar-refractivity contribution is 5.86. The van der Waals surface area contributed by atoms with Gasteiger partial charge in [-0.05, 0) is 45.6 Å². The van der Waals surface area contributed by atoms with Gasteiger partial charge in [0.25, 0.3) is 0 Å². The standard InChI is InChI=1S/C14H25N3O2.ClH/c1-11(18)16-12-6-5-9-17(10-12)13(19)14(2)7-3-4-8-15-14;/h12,15H,3-10H2,1-2H3,(H,16,18);1H. The summed E-state index contributed by atoms with van der Waals surface area (Å²) in [4.78, 5) is 25.7. The molecule has 2 heterocycles. The second-order valence-electron chi connectivity index (χ2n) is 6.01. The fourth-order valence-electron chi connectivity index (χ4n) is 3.15. The van der Waals surface area contributed by atoms with Crippen molar-refractivity contribution in [2.75, 3.05) is 19.6 Å². The molecule has 0 aromatic carbocycles. The molecule has 5 nitrogen and oxygen atoms in total. The number of hydrogen-bond acceptors (Lipinski definition) is 3. The third-order valence-corrected chi connectivity index (χ3v) is 4.21. The molecule has 2 aliphatic heterocycles. The number of carbonyl (C=O) groups is 2. The Balaban J connectivity index is 0.00000200. The van der Waals surface area contributed by atoms with Crippen LogP contribution < -0.4 is 10.6 Å². The van der Waals surface area contributed by atoms with Crippen molar-refractivity contribution in [3.8, 4) is 0 Å². The molecule has 2 aliphatic rings. The van der Waals surface area contributed by atoms with Gasteiger partial charge < -0.3 is 15.5 Å². The average Bonchev–Trinajstić information content (AvgIpc) is 2.38. The van der Waals surface area contributed by atoms with Crippen molar-refractivity contribution in [3.05, 3.63) is 0 Å². The maximum Gasteiger partial charge on any atom is 0.242 e. The first-order valence-corrected chi connectivity index (χ1v) is 7.33. The third kappa shape index (κ3) is 4.09. The van der Waals surface area contributed by atoms with E-state index in [1.54, 1.807) is 0 Å². The van der Waals surface area contributed by atoms with E-state index in [2.05, 4.69) is 10.6 Å². The second-order valence-corrected chi connectivity index (χ2v) is 6.01. The molecular formula is C14H26ClN3O2. The fourth-order valence-corrected chi connectivity index (χ4v) is 3.15. The van der Waals surface area contributed by atoms with E-state index in [1.165, 1.54) is 6.92 Å². The number of nitrogens with one attached hydrogen (secondary N) is 2. The van der Waals surface area contributed by atoms with Crippen molar-refractivity contribution in [2.24, 2.45) is 0 Å². The molecule has 2 N–H and O–H groups in total. The average molecular weight is 304 g/mol. The van der Waals surface area contributed by atoms with Gasteiger partial charge in [-0.3, -0.25) is 9.59 Å². The Bertz CT molecular complexity index is 356. The lowest BCUT2D eigenvalue weighted by Gasteiger charge is -2.41. The number of halogens is 1. The molecule has 0 radical (unpaired) electrons. The summed E-state index contributed by atoms with van der Waals surface area (Å²) in [6.45, 7) is 5.92. The minimum atomic E-state index is -0.406.